The van der Waals surface area contributed by atoms with Crippen LogP contribution in [0, 0.1) is 0 Å². The molecule has 31 heavy (non-hydrogen) atoms. The average molecular weight is 438 g/mol. The Morgan fingerprint density at radius 1 is 0.871 bits per heavy atom. The highest BCUT2D eigenvalue weighted by Crippen LogP contribution is 2.23. The van der Waals surface area contributed by atoms with Crippen LogP contribution in [0.4, 0.5) is 0 Å². The Morgan fingerprint density at radius 2 is 1.42 bits per heavy atom. The Balaban J connectivity index is 1.46. The first kappa shape index (κ1) is 22.6. The molecule has 3 rings (SSSR count). The summed E-state index contributed by atoms with van der Waals surface area (Å²) in [5.41, 5.74) is 2.32. The largest absolute Gasteiger partial charge is 0.494 e. The highest BCUT2D eigenvalue weighted by molar-refractivity contribution is 7.90. The van der Waals surface area contributed by atoms with Gasteiger partial charge in [-0.05, 0) is 41.8 Å². The van der Waals surface area contributed by atoms with Crippen molar-refractivity contribution >= 4 is 15.7 Å². The number of rotatable bonds is 10. The fraction of sp³-hybridized carbons (Fsp3) is 0.240. The second-order valence-electron chi connectivity index (χ2n) is 7.37. The van der Waals surface area contributed by atoms with E-state index in [1.165, 1.54) is 18.4 Å². The molecule has 162 valence electrons. The molecule has 0 unspecified atom stereocenters. The molecule has 0 radical (unpaired) electrons. The molecule has 0 saturated heterocycles. The van der Waals surface area contributed by atoms with Crippen molar-refractivity contribution in [2.24, 2.45) is 0 Å². The molecule has 6 heteroatoms. The van der Waals surface area contributed by atoms with Crippen LogP contribution in [-0.4, -0.2) is 33.7 Å². The van der Waals surface area contributed by atoms with E-state index < -0.39 is 9.84 Å². The highest BCUT2D eigenvalue weighted by atomic mass is 32.2. The first-order chi connectivity index (χ1) is 14.9. The van der Waals surface area contributed by atoms with E-state index in [1.807, 2.05) is 36.4 Å². The fourth-order valence-electron chi connectivity index (χ4n) is 3.31. The lowest BCUT2D eigenvalue weighted by molar-refractivity contribution is -0.121. The van der Waals surface area contributed by atoms with Crippen LogP contribution in [0.15, 0.2) is 89.8 Å². The van der Waals surface area contributed by atoms with Crippen LogP contribution in [0.1, 0.15) is 29.9 Å². The molecule has 0 fully saturated rings. The smallest absolute Gasteiger partial charge is 0.220 e. The summed E-state index contributed by atoms with van der Waals surface area (Å²) in [6.45, 7) is 0.910. The van der Waals surface area contributed by atoms with E-state index in [1.54, 1.807) is 12.1 Å². The first-order valence-electron chi connectivity index (χ1n) is 10.2. The summed E-state index contributed by atoms with van der Waals surface area (Å²) in [5, 5.41) is 3.04. The molecule has 1 amide bonds. The molecular formula is C25H27NO4S. The number of nitrogens with one attached hydrogen (secondary N) is 1. The Labute approximate surface area is 184 Å². The van der Waals surface area contributed by atoms with Crippen molar-refractivity contribution in [2.75, 3.05) is 19.4 Å². The third-order valence-electron chi connectivity index (χ3n) is 4.98. The molecule has 0 spiro atoms. The SMILES string of the molecule is CS(=O)(=O)c1ccc(OCCCC(=O)NCC(c2ccccc2)c2ccccc2)cc1. The average Bonchev–Trinajstić information content (AvgIpc) is 2.78. The monoisotopic (exact) mass is 437 g/mol. The van der Waals surface area contributed by atoms with Gasteiger partial charge in [0.2, 0.25) is 5.91 Å². The molecule has 0 aliphatic heterocycles. The maximum absolute atomic E-state index is 12.3. The quantitative estimate of drug-likeness (QED) is 0.483. The van der Waals surface area contributed by atoms with Gasteiger partial charge in [0.25, 0.3) is 0 Å². The molecule has 1 N–H and O–H groups in total. The van der Waals surface area contributed by atoms with E-state index >= 15 is 0 Å². The van der Waals surface area contributed by atoms with Crippen molar-refractivity contribution in [1.82, 2.24) is 5.32 Å². The Kier molecular flexibility index (Phi) is 7.84. The van der Waals surface area contributed by atoms with Crippen molar-refractivity contribution in [1.29, 1.82) is 0 Å². The van der Waals surface area contributed by atoms with E-state index in [0.29, 0.717) is 31.7 Å². The lowest BCUT2D eigenvalue weighted by Gasteiger charge is -2.19. The zero-order chi connectivity index (χ0) is 22.1. The number of carbonyl (C=O) groups excluding carboxylic acids is 1. The molecule has 0 aliphatic rings. The van der Waals surface area contributed by atoms with Gasteiger partial charge in [-0.2, -0.15) is 0 Å². The standard InChI is InChI=1S/C25H27NO4S/c1-31(28,29)23-16-14-22(15-17-23)30-18-8-13-25(27)26-19-24(20-9-4-2-5-10-20)21-11-6-3-7-12-21/h2-7,9-12,14-17,24H,8,13,18-19H2,1H3,(H,26,27). The van der Waals surface area contributed by atoms with E-state index in [9.17, 15) is 13.2 Å². The second-order valence-corrected chi connectivity index (χ2v) is 9.39. The van der Waals surface area contributed by atoms with Crippen LogP contribution in [-0.2, 0) is 14.6 Å². The van der Waals surface area contributed by atoms with E-state index in [2.05, 4.69) is 29.6 Å². The van der Waals surface area contributed by atoms with Crippen molar-refractivity contribution in [2.45, 2.75) is 23.7 Å². The lowest BCUT2D eigenvalue weighted by atomic mass is 9.91. The minimum absolute atomic E-state index is 0.0205. The zero-order valence-electron chi connectivity index (χ0n) is 17.5. The van der Waals surface area contributed by atoms with Crippen LogP contribution in [0.5, 0.6) is 5.75 Å². The third kappa shape index (κ3) is 6.96. The molecule has 0 aromatic heterocycles. The van der Waals surface area contributed by atoms with Crippen molar-refractivity contribution < 1.29 is 17.9 Å². The van der Waals surface area contributed by atoms with Gasteiger partial charge in [-0.25, -0.2) is 8.42 Å². The van der Waals surface area contributed by atoms with Gasteiger partial charge in [0.1, 0.15) is 5.75 Å². The number of hydrogen-bond acceptors (Lipinski definition) is 4. The summed E-state index contributed by atoms with van der Waals surface area (Å²) in [4.78, 5) is 12.6. The molecular weight excluding hydrogens is 410 g/mol. The summed E-state index contributed by atoms with van der Waals surface area (Å²) >= 11 is 0. The number of amides is 1. The number of hydrogen-bond donors (Lipinski definition) is 1. The first-order valence-corrected chi connectivity index (χ1v) is 12.1. The summed E-state index contributed by atoms with van der Waals surface area (Å²) in [6.07, 6.45) is 2.10. The van der Waals surface area contributed by atoms with Gasteiger partial charge in [0, 0.05) is 25.1 Å². The summed E-state index contributed by atoms with van der Waals surface area (Å²) in [6, 6.07) is 26.6. The Hall–Kier alpha value is -3.12. The zero-order valence-corrected chi connectivity index (χ0v) is 18.3. The summed E-state index contributed by atoms with van der Waals surface area (Å²) in [5.74, 6) is 0.657. The van der Waals surface area contributed by atoms with Gasteiger partial charge in [0.05, 0.1) is 11.5 Å². The van der Waals surface area contributed by atoms with Crippen molar-refractivity contribution in [3.8, 4) is 5.75 Å². The normalized spacial score (nSPS) is 11.3. The number of carbonyl (C=O) groups is 1. The summed E-state index contributed by atoms with van der Waals surface area (Å²) < 4.78 is 28.6. The van der Waals surface area contributed by atoms with Crippen LogP contribution in [0.25, 0.3) is 0 Å². The minimum Gasteiger partial charge on any atom is -0.494 e. The lowest BCUT2D eigenvalue weighted by Crippen LogP contribution is -2.29. The summed E-state index contributed by atoms with van der Waals surface area (Å²) in [7, 11) is -3.22. The molecule has 0 atom stereocenters. The molecule has 0 bridgehead atoms. The Morgan fingerprint density at radius 3 is 1.94 bits per heavy atom. The third-order valence-corrected chi connectivity index (χ3v) is 6.10. The topological polar surface area (TPSA) is 72.5 Å². The molecule has 3 aromatic rings. The van der Waals surface area contributed by atoms with Gasteiger partial charge in [-0.3, -0.25) is 4.79 Å². The fourth-order valence-corrected chi connectivity index (χ4v) is 3.94. The van der Waals surface area contributed by atoms with E-state index in [0.717, 1.165) is 11.1 Å². The van der Waals surface area contributed by atoms with Crippen molar-refractivity contribution in [3.05, 3.63) is 96.1 Å². The van der Waals surface area contributed by atoms with Gasteiger partial charge >= 0.3 is 0 Å². The van der Waals surface area contributed by atoms with Crippen molar-refractivity contribution in [3.63, 3.8) is 0 Å². The van der Waals surface area contributed by atoms with E-state index in [4.69, 9.17) is 4.74 Å². The Bertz CT molecular complexity index is 1030. The van der Waals surface area contributed by atoms with E-state index in [-0.39, 0.29) is 16.7 Å². The molecule has 0 saturated carbocycles. The van der Waals surface area contributed by atoms with Gasteiger partial charge in [-0.1, -0.05) is 60.7 Å². The predicted octanol–water partition coefficient (Wildman–Crippen LogP) is 4.20. The number of sulfone groups is 1. The molecule has 0 aliphatic carbocycles. The predicted molar refractivity (Wildman–Crippen MR) is 122 cm³/mol. The molecule has 3 aromatic carbocycles. The van der Waals surface area contributed by atoms with Crippen LogP contribution < -0.4 is 10.1 Å². The van der Waals surface area contributed by atoms with Crippen LogP contribution >= 0.6 is 0 Å². The maximum atomic E-state index is 12.3. The molecule has 5 nitrogen and oxygen atoms in total. The minimum atomic E-state index is -3.22. The second kappa shape index (κ2) is 10.8. The molecule has 0 heterocycles. The maximum Gasteiger partial charge on any atom is 0.220 e. The highest BCUT2D eigenvalue weighted by Gasteiger charge is 2.15. The number of ether oxygens (including phenoxy) is 1. The van der Waals surface area contributed by atoms with Crippen LogP contribution in [0.2, 0.25) is 0 Å². The van der Waals surface area contributed by atoms with Gasteiger partial charge in [0.15, 0.2) is 9.84 Å². The van der Waals surface area contributed by atoms with Gasteiger partial charge in [-0.15, -0.1) is 0 Å². The van der Waals surface area contributed by atoms with Crippen LogP contribution in [0.3, 0.4) is 0 Å². The van der Waals surface area contributed by atoms with Gasteiger partial charge < -0.3 is 10.1 Å². The number of benzene rings is 3.